The molecule has 1 unspecified atom stereocenters. The maximum atomic E-state index is 12.6. The van der Waals surface area contributed by atoms with E-state index >= 15 is 0 Å². The third-order valence-electron chi connectivity index (χ3n) is 5.61. The largest absolute Gasteiger partial charge is 0.497 e. The Morgan fingerprint density at radius 3 is 2.64 bits per heavy atom. The fraction of sp³-hybridized carbons (Fsp3) is 0.320. The van der Waals surface area contributed by atoms with E-state index in [9.17, 15) is 4.79 Å². The van der Waals surface area contributed by atoms with Crippen LogP contribution in [0.25, 0.3) is 22.9 Å². The first-order valence-corrected chi connectivity index (χ1v) is 10.0. The Hall–Kier alpha value is -2.65. The second-order valence-corrected chi connectivity index (χ2v) is 7.38. The Balaban J connectivity index is 0.000000275. The summed E-state index contributed by atoms with van der Waals surface area (Å²) in [4.78, 5) is 12.6. The minimum absolute atomic E-state index is 0.285. The number of ether oxygens (including phenoxy) is 2. The number of carbonyl (C=O) groups excluding carboxylic acids is 1. The van der Waals surface area contributed by atoms with E-state index in [1.54, 1.807) is 13.4 Å². The Morgan fingerprint density at radius 2 is 1.93 bits per heavy atom. The number of benzene rings is 2. The topological polar surface area (TPSA) is 35.5 Å². The van der Waals surface area contributed by atoms with Crippen LogP contribution in [-0.4, -0.2) is 26.1 Å². The van der Waals surface area contributed by atoms with Crippen LogP contribution in [0.2, 0.25) is 0 Å². The van der Waals surface area contributed by atoms with Gasteiger partial charge in [-0.1, -0.05) is 42.5 Å². The molecular weight excluding hydrogens is 348 g/mol. The second-order valence-electron chi connectivity index (χ2n) is 7.38. The van der Waals surface area contributed by atoms with E-state index in [1.165, 1.54) is 21.4 Å². The fourth-order valence-corrected chi connectivity index (χ4v) is 4.29. The second kappa shape index (κ2) is 8.57. The van der Waals surface area contributed by atoms with Gasteiger partial charge in [0.15, 0.2) is 5.78 Å². The van der Waals surface area contributed by atoms with Gasteiger partial charge in [-0.2, -0.15) is 0 Å². The highest BCUT2D eigenvalue weighted by atomic mass is 16.5. The molecule has 0 radical (unpaired) electrons. The monoisotopic (exact) mass is 374 g/mol. The van der Waals surface area contributed by atoms with E-state index in [-0.39, 0.29) is 5.78 Å². The molecule has 0 aromatic heterocycles. The Bertz CT molecular complexity index is 1050. The normalized spacial score (nSPS) is 19.5. The van der Waals surface area contributed by atoms with E-state index in [1.807, 2.05) is 18.2 Å². The number of ketones is 1. The van der Waals surface area contributed by atoms with Gasteiger partial charge in [0.1, 0.15) is 6.61 Å². The molecule has 0 bridgehead atoms. The molecule has 0 N–H and O–H groups in total. The van der Waals surface area contributed by atoms with Crippen molar-refractivity contribution in [1.82, 2.24) is 0 Å². The standard InChI is InChI=1S/C20H20O2.C5H6O/c1-22-12-14-7-11-19(21)20-16(14)9-10-17-15-5-3-2-4-13(15)6-8-18(17)20;1-2-4-6-5-3-1/h4-6,8-10,14H,2-3,7,11-12H2,1H3;1-4H,5H2. The smallest absolute Gasteiger partial charge is 0.163 e. The lowest BCUT2D eigenvalue weighted by molar-refractivity contribution is 0.0953. The number of hydrogen-bond donors (Lipinski definition) is 0. The molecule has 0 saturated carbocycles. The average molecular weight is 374 g/mol. The first-order chi connectivity index (χ1) is 13.8. The van der Waals surface area contributed by atoms with Gasteiger partial charge in [0.2, 0.25) is 0 Å². The summed E-state index contributed by atoms with van der Waals surface area (Å²) in [5.41, 5.74) is 2.11. The van der Waals surface area contributed by atoms with E-state index in [4.69, 9.17) is 9.47 Å². The number of rotatable bonds is 2. The van der Waals surface area contributed by atoms with Crippen LogP contribution in [-0.2, 0) is 9.47 Å². The summed E-state index contributed by atoms with van der Waals surface area (Å²) in [5, 5.41) is 4.94. The molecule has 2 aromatic rings. The van der Waals surface area contributed by atoms with Gasteiger partial charge >= 0.3 is 0 Å². The number of Topliss-reactive ketones (excluding diaryl/α,β-unsaturated/α-hetero) is 1. The molecule has 5 rings (SSSR count). The van der Waals surface area contributed by atoms with E-state index in [0.29, 0.717) is 18.9 Å². The number of hydrogen-bond acceptors (Lipinski definition) is 3. The first kappa shape index (κ1) is 18.7. The van der Waals surface area contributed by atoms with Crippen molar-refractivity contribution < 1.29 is 14.3 Å². The fourth-order valence-electron chi connectivity index (χ4n) is 4.29. The average Bonchev–Trinajstić information content (AvgIpc) is 2.77. The van der Waals surface area contributed by atoms with Crippen molar-refractivity contribution in [2.24, 2.45) is 0 Å². The van der Waals surface area contributed by atoms with Crippen LogP contribution in [0.1, 0.15) is 47.5 Å². The van der Waals surface area contributed by atoms with Gasteiger partial charge in [0, 0.05) is 25.0 Å². The summed E-state index contributed by atoms with van der Waals surface area (Å²) in [6.45, 7) is 1.42. The Labute approximate surface area is 165 Å². The van der Waals surface area contributed by atoms with Gasteiger partial charge in [0.05, 0.1) is 12.9 Å². The summed E-state index contributed by atoms with van der Waals surface area (Å²) < 4.78 is 10.2. The van der Waals surface area contributed by atoms with Crippen LogP contribution >= 0.6 is 0 Å². The van der Waals surface area contributed by atoms with Gasteiger partial charge in [-0.05, 0) is 58.2 Å². The van der Waals surface area contributed by atoms with Crippen LogP contribution in [0.3, 0.4) is 0 Å². The zero-order valence-corrected chi connectivity index (χ0v) is 16.3. The molecule has 1 heterocycles. The van der Waals surface area contributed by atoms with E-state index < -0.39 is 0 Å². The van der Waals surface area contributed by atoms with Crippen LogP contribution < -0.4 is 10.4 Å². The molecule has 3 nitrogen and oxygen atoms in total. The number of fused-ring (bicyclic) bond motifs is 5. The minimum Gasteiger partial charge on any atom is -0.497 e. The zero-order valence-electron chi connectivity index (χ0n) is 16.3. The molecule has 2 aliphatic carbocycles. The summed E-state index contributed by atoms with van der Waals surface area (Å²) in [7, 11) is 1.73. The van der Waals surface area contributed by atoms with Crippen molar-refractivity contribution in [2.75, 3.05) is 20.3 Å². The van der Waals surface area contributed by atoms with Gasteiger partial charge in [-0.3, -0.25) is 4.79 Å². The SMILES string of the molecule is C1=CCOC=C1.COCC1CCC(=O)c2c1ccc1c3c(ccc21)=CCCC=3. The van der Waals surface area contributed by atoms with Gasteiger partial charge in [-0.15, -0.1) is 0 Å². The van der Waals surface area contributed by atoms with E-state index in [2.05, 4.69) is 36.4 Å². The van der Waals surface area contributed by atoms with Gasteiger partial charge < -0.3 is 9.47 Å². The molecular formula is C25H26O3. The number of methoxy groups -OCH3 is 1. The molecule has 3 aliphatic rings. The van der Waals surface area contributed by atoms with Crippen molar-refractivity contribution >= 4 is 28.7 Å². The van der Waals surface area contributed by atoms with Crippen molar-refractivity contribution in [3.05, 3.63) is 70.3 Å². The van der Waals surface area contributed by atoms with Crippen LogP contribution in [0.15, 0.2) is 48.8 Å². The van der Waals surface area contributed by atoms with Crippen molar-refractivity contribution in [1.29, 1.82) is 0 Å². The minimum atomic E-state index is 0.285. The molecule has 144 valence electrons. The van der Waals surface area contributed by atoms with Crippen molar-refractivity contribution in [3.63, 3.8) is 0 Å². The molecule has 0 spiro atoms. The summed E-state index contributed by atoms with van der Waals surface area (Å²) in [5.74, 6) is 0.626. The van der Waals surface area contributed by atoms with Gasteiger partial charge in [0.25, 0.3) is 0 Å². The Kier molecular flexibility index (Phi) is 5.73. The molecule has 1 atom stereocenters. The van der Waals surface area contributed by atoms with Crippen LogP contribution in [0.5, 0.6) is 0 Å². The lowest BCUT2D eigenvalue weighted by atomic mass is 9.79. The quantitative estimate of drug-likeness (QED) is 0.797. The number of allylic oxidation sites excluding steroid dienone is 2. The highest BCUT2D eigenvalue weighted by Gasteiger charge is 2.27. The predicted molar refractivity (Wildman–Crippen MR) is 114 cm³/mol. The van der Waals surface area contributed by atoms with Crippen LogP contribution in [0.4, 0.5) is 0 Å². The third-order valence-corrected chi connectivity index (χ3v) is 5.61. The molecule has 0 saturated heterocycles. The number of carbonyl (C=O) groups is 1. The molecule has 1 aliphatic heterocycles. The van der Waals surface area contributed by atoms with Crippen LogP contribution in [0, 0.1) is 0 Å². The van der Waals surface area contributed by atoms with Crippen molar-refractivity contribution in [2.45, 2.75) is 31.6 Å². The zero-order chi connectivity index (χ0) is 19.3. The maximum Gasteiger partial charge on any atom is 0.163 e. The first-order valence-electron chi connectivity index (χ1n) is 10.0. The highest BCUT2D eigenvalue weighted by molar-refractivity contribution is 6.10. The van der Waals surface area contributed by atoms with Gasteiger partial charge in [-0.25, -0.2) is 0 Å². The molecule has 28 heavy (non-hydrogen) atoms. The summed E-state index contributed by atoms with van der Waals surface area (Å²) in [6.07, 6.45) is 15.8. The van der Waals surface area contributed by atoms with Crippen molar-refractivity contribution in [3.8, 4) is 0 Å². The summed E-state index contributed by atoms with van der Waals surface area (Å²) in [6, 6.07) is 8.65. The maximum absolute atomic E-state index is 12.6. The Morgan fingerprint density at radius 1 is 1.07 bits per heavy atom. The van der Waals surface area contributed by atoms with E-state index in [0.717, 1.165) is 36.8 Å². The lowest BCUT2D eigenvalue weighted by Crippen LogP contribution is -2.28. The third kappa shape index (κ3) is 3.67. The highest BCUT2D eigenvalue weighted by Crippen LogP contribution is 2.35. The molecule has 0 amide bonds. The summed E-state index contributed by atoms with van der Waals surface area (Å²) >= 11 is 0. The molecule has 0 fully saturated rings. The lowest BCUT2D eigenvalue weighted by Gasteiger charge is -2.25. The molecule has 3 heteroatoms. The predicted octanol–water partition coefficient (Wildman–Crippen LogP) is 3.99. The molecule has 2 aromatic carbocycles.